The number of hydrogen-bond acceptors (Lipinski definition) is 3. The van der Waals surface area contributed by atoms with Gasteiger partial charge in [-0.05, 0) is 18.4 Å². The van der Waals surface area contributed by atoms with Crippen LogP contribution in [0.2, 0.25) is 10.2 Å². The van der Waals surface area contributed by atoms with E-state index in [0.29, 0.717) is 18.5 Å². The quantitative estimate of drug-likeness (QED) is 0.636. The van der Waals surface area contributed by atoms with Gasteiger partial charge in [0.15, 0.2) is 0 Å². The largest absolute Gasteiger partial charge is 0.278 e. The molecule has 0 aromatic carbocycles. The molecular weight excluding hydrogens is 287 g/mol. The third-order valence-electron chi connectivity index (χ3n) is 3.19. The zero-order valence-electron chi connectivity index (χ0n) is 10.5. The van der Waals surface area contributed by atoms with Crippen molar-refractivity contribution in [2.75, 3.05) is 6.54 Å². The predicted molar refractivity (Wildman–Crippen MR) is 73.3 cm³/mol. The van der Waals surface area contributed by atoms with Crippen molar-refractivity contribution in [3.05, 3.63) is 28.0 Å². The Hall–Kier alpha value is -1.13. The highest BCUT2D eigenvalue weighted by Crippen LogP contribution is 2.25. The lowest BCUT2D eigenvalue weighted by atomic mass is 10.0. The maximum Gasteiger partial charge on any atom is 0.262 e. The number of carbonyl (C=O) groups excluding carboxylic acids is 2. The first-order valence-corrected chi connectivity index (χ1v) is 6.94. The lowest BCUT2D eigenvalue weighted by Gasteiger charge is -2.14. The molecule has 0 N–H and O–H groups in total. The molecule has 2 amide bonds. The van der Waals surface area contributed by atoms with E-state index in [1.807, 2.05) is 0 Å². The number of hydrogen-bond donors (Lipinski definition) is 0. The van der Waals surface area contributed by atoms with Crippen molar-refractivity contribution in [3.8, 4) is 0 Å². The van der Waals surface area contributed by atoms with Gasteiger partial charge < -0.3 is 0 Å². The highest BCUT2D eigenvalue weighted by atomic mass is 35.5. The predicted octanol–water partition coefficient (Wildman–Crippen LogP) is 3.18. The van der Waals surface area contributed by atoms with Crippen molar-refractivity contribution in [3.63, 3.8) is 0 Å². The molecule has 19 heavy (non-hydrogen) atoms. The zero-order chi connectivity index (χ0) is 14.0. The first kappa shape index (κ1) is 14.3. The molecule has 1 aromatic heterocycles. The maximum atomic E-state index is 12.2. The van der Waals surface area contributed by atoms with E-state index in [-0.39, 0.29) is 27.9 Å². The summed E-state index contributed by atoms with van der Waals surface area (Å²) in [7, 11) is 0. The summed E-state index contributed by atoms with van der Waals surface area (Å²) in [4.78, 5) is 29.2. The highest BCUT2D eigenvalue weighted by Gasteiger charge is 2.33. The molecule has 1 saturated heterocycles. The fourth-order valence-electron chi connectivity index (χ4n) is 2.27. The molecule has 1 aliphatic rings. The van der Waals surface area contributed by atoms with E-state index in [4.69, 9.17) is 23.2 Å². The Labute approximate surface area is 121 Å². The van der Waals surface area contributed by atoms with Gasteiger partial charge in [-0.2, -0.15) is 0 Å². The van der Waals surface area contributed by atoms with Crippen LogP contribution in [-0.2, 0) is 4.79 Å². The second-order valence-electron chi connectivity index (χ2n) is 4.66. The Morgan fingerprint density at radius 3 is 2.89 bits per heavy atom. The molecule has 2 heterocycles. The summed E-state index contributed by atoms with van der Waals surface area (Å²) in [5.74, 6) is -0.221. The number of amides is 2. The number of halogens is 2. The standard InChI is InChI=1S/C13H14Cl2N2O2/c1-2-3-8-4-11(18)17(7-8)13(19)9-5-10(14)12(15)16-6-9/h5-6,8H,2-4,7H2,1H3. The molecule has 1 atom stereocenters. The summed E-state index contributed by atoms with van der Waals surface area (Å²) in [6, 6.07) is 1.44. The van der Waals surface area contributed by atoms with Crippen molar-refractivity contribution >= 4 is 35.0 Å². The number of nitrogens with zero attached hydrogens (tertiary/aromatic N) is 2. The van der Waals surface area contributed by atoms with Crippen LogP contribution in [0.3, 0.4) is 0 Å². The van der Waals surface area contributed by atoms with Crippen LogP contribution in [0.15, 0.2) is 12.3 Å². The van der Waals surface area contributed by atoms with Crippen molar-refractivity contribution < 1.29 is 9.59 Å². The molecule has 1 unspecified atom stereocenters. The molecule has 0 bridgehead atoms. The van der Waals surface area contributed by atoms with Crippen molar-refractivity contribution in [2.24, 2.45) is 5.92 Å². The monoisotopic (exact) mass is 300 g/mol. The molecule has 0 radical (unpaired) electrons. The van der Waals surface area contributed by atoms with Gasteiger partial charge in [0.2, 0.25) is 5.91 Å². The van der Waals surface area contributed by atoms with Gasteiger partial charge >= 0.3 is 0 Å². The second-order valence-corrected chi connectivity index (χ2v) is 5.43. The van der Waals surface area contributed by atoms with E-state index in [9.17, 15) is 9.59 Å². The fourth-order valence-corrected chi connectivity index (χ4v) is 2.54. The van der Waals surface area contributed by atoms with Crippen molar-refractivity contribution in [1.29, 1.82) is 0 Å². The van der Waals surface area contributed by atoms with Gasteiger partial charge in [0.25, 0.3) is 5.91 Å². The maximum absolute atomic E-state index is 12.2. The number of pyridine rings is 1. The molecule has 1 aliphatic heterocycles. The van der Waals surface area contributed by atoms with E-state index in [1.54, 1.807) is 0 Å². The molecule has 1 fully saturated rings. The Balaban J connectivity index is 2.15. The summed E-state index contributed by atoms with van der Waals surface area (Å²) in [6.07, 6.45) is 3.74. The number of carbonyl (C=O) groups is 2. The second kappa shape index (κ2) is 5.88. The van der Waals surface area contributed by atoms with Gasteiger partial charge in [0, 0.05) is 19.2 Å². The van der Waals surface area contributed by atoms with Crippen LogP contribution in [-0.4, -0.2) is 28.2 Å². The molecule has 2 rings (SSSR count). The van der Waals surface area contributed by atoms with Gasteiger partial charge in [-0.1, -0.05) is 36.5 Å². The van der Waals surface area contributed by atoms with Gasteiger partial charge in [0.1, 0.15) is 5.15 Å². The van der Waals surface area contributed by atoms with Crippen LogP contribution in [0.25, 0.3) is 0 Å². The number of rotatable bonds is 3. The summed E-state index contributed by atoms with van der Waals surface area (Å²) in [5, 5.41) is 0.360. The Morgan fingerprint density at radius 1 is 1.53 bits per heavy atom. The van der Waals surface area contributed by atoms with Crippen LogP contribution in [0, 0.1) is 5.92 Å². The molecule has 4 nitrogen and oxygen atoms in total. The van der Waals surface area contributed by atoms with Crippen LogP contribution < -0.4 is 0 Å². The normalized spacial score (nSPS) is 19.0. The minimum atomic E-state index is -0.352. The third kappa shape index (κ3) is 3.07. The topological polar surface area (TPSA) is 50.3 Å². The molecule has 102 valence electrons. The van der Waals surface area contributed by atoms with Gasteiger partial charge in [-0.3, -0.25) is 14.5 Å². The van der Waals surface area contributed by atoms with Crippen LogP contribution in [0.4, 0.5) is 0 Å². The van der Waals surface area contributed by atoms with E-state index < -0.39 is 0 Å². The molecule has 1 aromatic rings. The summed E-state index contributed by atoms with van der Waals surface area (Å²) in [5.41, 5.74) is 0.292. The average Bonchev–Trinajstić information content (AvgIpc) is 2.73. The fraction of sp³-hybridized carbons (Fsp3) is 0.462. The third-order valence-corrected chi connectivity index (χ3v) is 3.88. The minimum absolute atomic E-state index is 0.130. The number of imide groups is 1. The highest BCUT2D eigenvalue weighted by molar-refractivity contribution is 6.41. The first-order valence-electron chi connectivity index (χ1n) is 6.18. The average molecular weight is 301 g/mol. The van der Waals surface area contributed by atoms with Crippen LogP contribution in [0.5, 0.6) is 0 Å². The summed E-state index contributed by atoms with van der Waals surface area (Å²) < 4.78 is 0. The van der Waals surface area contributed by atoms with E-state index in [0.717, 1.165) is 12.8 Å². The Morgan fingerprint density at radius 2 is 2.26 bits per heavy atom. The van der Waals surface area contributed by atoms with E-state index in [2.05, 4.69) is 11.9 Å². The summed E-state index contributed by atoms with van der Waals surface area (Å²) in [6.45, 7) is 2.55. The molecule has 0 spiro atoms. The van der Waals surface area contributed by atoms with Crippen molar-refractivity contribution in [1.82, 2.24) is 9.88 Å². The van der Waals surface area contributed by atoms with Crippen LogP contribution in [0.1, 0.15) is 36.5 Å². The first-order chi connectivity index (χ1) is 9.02. The Bertz CT molecular complexity index is 519. The van der Waals surface area contributed by atoms with Crippen molar-refractivity contribution in [2.45, 2.75) is 26.2 Å². The molecular formula is C13H14Cl2N2O2. The molecule has 0 saturated carbocycles. The van der Waals surface area contributed by atoms with Crippen LogP contribution >= 0.6 is 23.2 Å². The van der Waals surface area contributed by atoms with E-state index in [1.165, 1.54) is 17.2 Å². The lowest BCUT2D eigenvalue weighted by Crippen LogP contribution is -2.32. The Kier molecular flexibility index (Phi) is 4.42. The smallest absolute Gasteiger partial charge is 0.262 e. The zero-order valence-corrected chi connectivity index (χ0v) is 12.0. The lowest BCUT2D eigenvalue weighted by molar-refractivity contribution is -0.125. The van der Waals surface area contributed by atoms with Gasteiger partial charge in [-0.15, -0.1) is 0 Å². The number of aromatic nitrogens is 1. The number of likely N-dealkylation sites (tertiary alicyclic amines) is 1. The molecule has 6 heteroatoms. The SMILES string of the molecule is CCCC1CC(=O)N(C(=O)c2cnc(Cl)c(Cl)c2)C1. The minimum Gasteiger partial charge on any atom is -0.278 e. The molecule has 0 aliphatic carbocycles. The summed E-state index contributed by atoms with van der Waals surface area (Å²) >= 11 is 11.5. The van der Waals surface area contributed by atoms with Gasteiger partial charge in [-0.25, -0.2) is 4.98 Å². The van der Waals surface area contributed by atoms with Gasteiger partial charge in [0.05, 0.1) is 10.6 Å². The van der Waals surface area contributed by atoms with E-state index >= 15 is 0 Å².